The molecule has 4 aromatic rings. The minimum Gasteiger partial charge on any atom is -0.497 e. The number of benzene rings is 2. The van der Waals surface area contributed by atoms with Crippen LogP contribution in [0.25, 0.3) is 5.65 Å². The molecule has 4 rings (SSSR count). The highest BCUT2D eigenvalue weighted by Gasteiger charge is 2.20. The Bertz CT molecular complexity index is 1550. The first-order valence-electron chi connectivity index (χ1n) is 13.9. The van der Waals surface area contributed by atoms with Gasteiger partial charge in [0.15, 0.2) is 17.2 Å². The Kier molecular flexibility index (Phi) is 9.91. The topological polar surface area (TPSA) is 129 Å². The summed E-state index contributed by atoms with van der Waals surface area (Å²) in [5, 5.41) is 10.6. The van der Waals surface area contributed by atoms with Crippen LogP contribution in [-0.2, 0) is 16.0 Å². The molecular formula is C31H38N6O6. The summed E-state index contributed by atoms with van der Waals surface area (Å²) in [5.41, 5.74) is 2.69. The van der Waals surface area contributed by atoms with E-state index in [-0.39, 0.29) is 25.5 Å². The monoisotopic (exact) mass is 590 g/mol. The summed E-state index contributed by atoms with van der Waals surface area (Å²) in [5.74, 6) is 1.35. The molecule has 0 unspecified atom stereocenters. The number of alkyl carbamates (subject to hydrolysis) is 1. The van der Waals surface area contributed by atoms with Crippen LogP contribution < -0.4 is 25.0 Å². The molecule has 43 heavy (non-hydrogen) atoms. The lowest BCUT2D eigenvalue weighted by Gasteiger charge is -2.21. The number of rotatable bonds is 12. The molecule has 0 aliphatic rings. The van der Waals surface area contributed by atoms with Gasteiger partial charge in [-0.1, -0.05) is 18.2 Å². The lowest BCUT2D eigenvalue weighted by atomic mass is 10.2. The van der Waals surface area contributed by atoms with Gasteiger partial charge in [0.2, 0.25) is 0 Å². The number of amides is 1. The number of nitrogens with one attached hydrogen (secondary N) is 2. The van der Waals surface area contributed by atoms with Gasteiger partial charge in [-0.2, -0.15) is 0 Å². The van der Waals surface area contributed by atoms with E-state index in [4.69, 9.17) is 18.9 Å². The van der Waals surface area contributed by atoms with Crippen molar-refractivity contribution < 1.29 is 28.5 Å². The molecule has 12 heteroatoms. The third-order valence-corrected chi connectivity index (χ3v) is 6.07. The third kappa shape index (κ3) is 8.51. The van der Waals surface area contributed by atoms with E-state index in [1.165, 1.54) is 10.7 Å². The van der Waals surface area contributed by atoms with Gasteiger partial charge in [-0.05, 0) is 57.5 Å². The van der Waals surface area contributed by atoms with Crippen molar-refractivity contribution in [2.24, 2.45) is 0 Å². The van der Waals surface area contributed by atoms with Gasteiger partial charge >= 0.3 is 12.1 Å². The smallest absolute Gasteiger partial charge is 0.407 e. The molecule has 12 nitrogen and oxygen atoms in total. The maximum Gasteiger partial charge on any atom is 0.407 e. The van der Waals surface area contributed by atoms with Crippen LogP contribution in [0, 0.1) is 0 Å². The van der Waals surface area contributed by atoms with Gasteiger partial charge in [0.25, 0.3) is 0 Å². The van der Waals surface area contributed by atoms with Crippen LogP contribution in [0.3, 0.4) is 0 Å². The number of fused-ring (bicyclic) bond motifs is 1. The highest BCUT2D eigenvalue weighted by molar-refractivity contribution is 5.89. The van der Waals surface area contributed by atoms with Crippen molar-refractivity contribution in [2.45, 2.75) is 39.8 Å². The summed E-state index contributed by atoms with van der Waals surface area (Å²) < 4.78 is 23.1. The number of hydrogen-bond acceptors (Lipinski definition) is 10. The molecule has 0 aliphatic carbocycles. The van der Waals surface area contributed by atoms with Crippen LogP contribution in [-0.4, -0.2) is 66.2 Å². The highest BCUT2D eigenvalue weighted by atomic mass is 16.6. The molecular weight excluding hydrogens is 552 g/mol. The summed E-state index contributed by atoms with van der Waals surface area (Å²) in [6.45, 7) is 8.51. The molecule has 2 aromatic carbocycles. The summed E-state index contributed by atoms with van der Waals surface area (Å²) >= 11 is 0. The van der Waals surface area contributed by atoms with E-state index in [9.17, 15) is 9.59 Å². The third-order valence-electron chi connectivity index (χ3n) is 6.07. The van der Waals surface area contributed by atoms with Gasteiger partial charge < -0.3 is 34.5 Å². The molecule has 0 fully saturated rings. The molecule has 228 valence electrons. The molecule has 1 amide bonds. The second-order valence-electron chi connectivity index (χ2n) is 10.6. The van der Waals surface area contributed by atoms with E-state index in [0.29, 0.717) is 29.4 Å². The van der Waals surface area contributed by atoms with Gasteiger partial charge in [-0.3, -0.25) is 0 Å². The van der Waals surface area contributed by atoms with Crippen LogP contribution >= 0.6 is 0 Å². The first-order chi connectivity index (χ1) is 20.6. The number of esters is 1. The van der Waals surface area contributed by atoms with Crippen molar-refractivity contribution in [1.82, 2.24) is 19.9 Å². The van der Waals surface area contributed by atoms with Crippen LogP contribution in [0.2, 0.25) is 0 Å². The molecule has 0 saturated heterocycles. The zero-order chi connectivity index (χ0) is 31.0. The van der Waals surface area contributed by atoms with E-state index >= 15 is 0 Å². The summed E-state index contributed by atoms with van der Waals surface area (Å²) in [6, 6.07) is 17.0. The van der Waals surface area contributed by atoms with Gasteiger partial charge in [0, 0.05) is 31.4 Å². The van der Waals surface area contributed by atoms with Crippen molar-refractivity contribution in [1.29, 1.82) is 0 Å². The number of carbonyl (C=O) groups excluding carboxylic acids is 2. The number of carbonyl (C=O) groups is 2. The number of methoxy groups -OCH3 is 1. The average Bonchev–Trinajstić information content (AvgIpc) is 3.39. The fourth-order valence-electron chi connectivity index (χ4n) is 4.18. The second-order valence-corrected chi connectivity index (χ2v) is 10.6. The number of nitrogens with zero attached hydrogens (tertiary/aromatic N) is 4. The number of hydrogen-bond donors (Lipinski definition) is 2. The molecule has 2 N–H and O–H groups in total. The van der Waals surface area contributed by atoms with E-state index in [2.05, 4.69) is 20.7 Å². The van der Waals surface area contributed by atoms with E-state index < -0.39 is 17.7 Å². The Balaban J connectivity index is 1.54. The maximum absolute atomic E-state index is 12.7. The van der Waals surface area contributed by atoms with Gasteiger partial charge in [0.05, 0.1) is 32.1 Å². The molecule has 0 atom stereocenters. The molecule has 0 saturated carbocycles. The minimum atomic E-state index is -0.569. The summed E-state index contributed by atoms with van der Waals surface area (Å²) in [4.78, 5) is 31.1. The number of ether oxygens (including phenoxy) is 4. The van der Waals surface area contributed by atoms with Crippen LogP contribution in [0.4, 0.5) is 22.0 Å². The van der Waals surface area contributed by atoms with Crippen LogP contribution in [0.5, 0.6) is 11.5 Å². The van der Waals surface area contributed by atoms with E-state index in [0.717, 1.165) is 17.0 Å². The molecule has 0 aliphatic heterocycles. The second kappa shape index (κ2) is 13.8. The van der Waals surface area contributed by atoms with Crippen molar-refractivity contribution in [3.05, 3.63) is 72.1 Å². The van der Waals surface area contributed by atoms with E-state index in [1.807, 2.05) is 66.5 Å². The summed E-state index contributed by atoms with van der Waals surface area (Å²) in [6.07, 6.45) is 0.969. The van der Waals surface area contributed by atoms with E-state index in [1.54, 1.807) is 34.8 Å². The van der Waals surface area contributed by atoms with Crippen LogP contribution in [0.1, 0.15) is 43.7 Å². The SMILES string of the molecule is CCOC(=O)c1cnc2c(N(C)Cc3ccc(OC)cc3)cc(Nc3cccc(OCCNC(=O)OC(C)(C)C)c3)nn12. The van der Waals surface area contributed by atoms with Crippen molar-refractivity contribution >= 4 is 34.9 Å². The number of anilines is 3. The predicted octanol–water partition coefficient (Wildman–Crippen LogP) is 5.20. The molecule has 0 radical (unpaired) electrons. The maximum atomic E-state index is 12.7. The zero-order valence-corrected chi connectivity index (χ0v) is 25.3. The quantitative estimate of drug-likeness (QED) is 0.168. The van der Waals surface area contributed by atoms with Crippen molar-refractivity contribution in [3.8, 4) is 11.5 Å². The molecule has 2 heterocycles. The first kappa shape index (κ1) is 30.9. The normalized spacial score (nSPS) is 11.1. The lowest BCUT2D eigenvalue weighted by Crippen LogP contribution is -2.34. The van der Waals surface area contributed by atoms with Gasteiger partial charge in [-0.15, -0.1) is 5.10 Å². The first-order valence-corrected chi connectivity index (χ1v) is 13.9. The zero-order valence-electron chi connectivity index (χ0n) is 25.3. The number of imidazole rings is 1. The molecule has 0 spiro atoms. The van der Waals surface area contributed by atoms with Crippen molar-refractivity contribution in [3.63, 3.8) is 0 Å². The Morgan fingerprint density at radius 2 is 1.81 bits per heavy atom. The Morgan fingerprint density at radius 3 is 2.51 bits per heavy atom. The Hall–Kier alpha value is -5.00. The molecule has 2 aromatic heterocycles. The lowest BCUT2D eigenvalue weighted by molar-refractivity contribution is 0.0508. The standard InChI is InChI=1S/C31H38N6O6/c1-7-41-29(38)26-19-33-28-25(36(5)20-21-11-13-23(40-6)14-12-21)18-27(35-37(26)28)34-22-9-8-10-24(17-22)42-16-15-32-30(39)43-31(2,3)4/h8-14,17-19H,7,15-16,20H2,1-6H3,(H,32,39)(H,34,35). The molecule has 0 bridgehead atoms. The van der Waals surface area contributed by atoms with Crippen LogP contribution in [0.15, 0.2) is 60.8 Å². The largest absolute Gasteiger partial charge is 0.497 e. The highest BCUT2D eigenvalue weighted by Crippen LogP contribution is 2.28. The predicted molar refractivity (Wildman–Crippen MR) is 164 cm³/mol. The Morgan fingerprint density at radius 1 is 1.05 bits per heavy atom. The fraction of sp³-hybridized carbons (Fsp3) is 0.355. The van der Waals surface area contributed by atoms with Crippen molar-refractivity contribution in [2.75, 3.05) is 44.1 Å². The fourth-order valence-corrected chi connectivity index (χ4v) is 4.18. The number of aromatic nitrogens is 3. The average molecular weight is 591 g/mol. The summed E-state index contributed by atoms with van der Waals surface area (Å²) in [7, 11) is 3.58. The van der Waals surface area contributed by atoms with Gasteiger partial charge in [-0.25, -0.2) is 19.1 Å². The van der Waals surface area contributed by atoms with Gasteiger partial charge in [0.1, 0.15) is 23.7 Å². The Labute approximate surface area is 250 Å². The minimum absolute atomic E-state index is 0.217.